The Kier molecular flexibility index (Phi) is 3.10. The third kappa shape index (κ3) is 2.23. The summed E-state index contributed by atoms with van der Waals surface area (Å²) in [6.07, 6.45) is 5.77. The molecule has 3 nitrogen and oxygen atoms in total. The maximum Gasteiger partial charge on any atom is 0.109 e. The minimum absolute atomic E-state index is 0.374. The summed E-state index contributed by atoms with van der Waals surface area (Å²) in [5.41, 5.74) is 8.44. The second kappa shape index (κ2) is 4.35. The SMILES string of the molecule is CCc1nc(C2CCCC(N)C2)[nH]c1C. The number of rotatable bonds is 2. The minimum Gasteiger partial charge on any atom is -0.346 e. The highest BCUT2D eigenvalue weighted by Crippen LogP contribution is 2.30. The van der Waals surface area contributed by atoms with E-state index in [0.29, 0.717) is 12.0 Å². The van der Waals surface area contributed by atoms with Gasteiger partial charge in [-0.15, -0.1) is 0 Å². The van der Waals surface area contributed by atoms with Crippen molar-refractivity contribution in [3.63, 3.8) is 0 Å². The van der Waals surface area contributed by atoms with Crippen LogP contribution in [0.4, 0.5) is 0 Å². The van der Waals surface area contributed by atoms with E-state index in [1.54, 1.807) is 0 Å². The number of aromatic nitrogens is 2. The molecule has 1 aromatic heterocycles. The molecule has 2 atom stereocenters. The van der Waals surface area contributed by atoms with Crippen molar-refractivity contribution >= 4 is 0 Å². The van der Waals surface area contributed by atoms with Crippen LogP contribution in [0.5, 0.6) is 0 Å². The first-order valence-electron chi connectivity index (χ1n) is 6.01. The molecular weight excluding hydrogens is 186 g/mol. The number of nitrogens with one attached hydrogen (secondary N) is 1. The lowest BCUT2D eigenvalue weighted by molar-refractivity contribution is 0.383. The fraction of sp³-hybridized carbons (Fsp3) is 0.750. The Labute approximate surface area is 91.5 Å². The van der Waals surface area contributed by atoms with Crippen molar-refractivity contribution in [2.75, 3.05) is 0 Å². The first-order valence-corrected chi connectivity index (χ1v) is 6.01. The van der Waals surface area contributed by atoms with Gasteiger partial charge in [-0.1, -0.05) is 13.3 Å². The average molecular weight is 207 g/mol. The molecule has 0 spiro atoms. The summed E-state index contributed by atoms with van der Waals surface area (Å²) in [6.45, 7) is 4.26. The number of nitrogens with zero attached hydrogens (tertiary/aromatic N) is 1. The van der Waals surface area contributed by atoms with E-state index in [9.17, 15) is 0 Å². The number of hydrogen-bond donors (Lipinski definition) is 2. The Morgan fingerprint density at radius 3 is 2.87 bits per heavy atom. The number of aryl methyl sites for hydroxylation is 2. The van der Waals surface area contributed by atoms with Crippen molar-refractivity contribution in [2.45, 2.75) is 57.9 Å². The number of hydrogen-bond acceptors (Lipinski definition) is 2. The van der Waals surface area contributed by atoms with Gasteiger partial charge in [-0.25, -0.2) is 4.98 Å². The summed E-state index contributed by atoms with van der Waals surface area (Å²) in [6, 6.07) is 0.374. The first-order chi connectivity index (χ1) is 7.20. The highest BCUT2D eigenvalue weighted by Gasteiger charge is 2.23. The third-order valence-corrected chi connectivity index (χ3v) is 3.44. The van der Waals surface area contributed by atoms with Gasteiger partial charge < -0.3 is 10.7 Å². The van der Waals surface area contributed by atoms with Gasteiger partial charge in [-0.2, -0.15) is 0 Å². The number of H-pyrrole nitrogens is 1. The van der Waals surface area contributed by atoms with Gasteiger partial charge in [0.25, 0.3) is 0 Å². The normalized spacial score (nSPS) is 26.9. The average Bonchev–Trinajstić information content (AvgIpc) is 2.60. The van der Waals surface area contributed by atoms with Crippen LogP contribution >= 0.6 is 0 Å². The van der Waals surface area contributed by atoms with Gasteiger partial charge in [0.05, 0.1) is 5.69 Å². The van der Waals surface area contributed by atoms with E-state index in [1.165, 1.54) is 36.5 Å². The molecule has 0 amide bonds. The van der Waals surface area contributed by atoms with Gasteiger partial charge in [-0.05, 0) is 32.6 Å². The lowest BCUT2D eigenvalue weighted by atomic mass is 9.86. The summed E-state index contributed by atoms with van der Waals surface area (Å²) in [7, 11) is 0. The van der Waals surface area contributed by atoms with Gasteiger partial charge in [0.1, 0.15) is 5.82 Å². The molecule has 2 unspecified atom stereocenters. The summed E-state index contributed by atoms with van der Waals surface area (Å²) >= 11 is 0. The van der Waals surface area contributed by atoms with Crippen LogP contribution in [0.25, 0.3) is 0 Å². The highest BCUT2D eigenvalue weighted by molar-refractivity contribution is 5.15. The van der Waals surface area contributed by atoms with Gasteiger partial charge in [0.15, 0.2) is 0 Å². The van der Waals surface area contributed by atoms with Crippen LogP contribution in [0.2, 0.25) is 0 Å². The van der Waals surface area contributed by atoms with E-state index in [0.717, 1.165) is 12.8 Å². The monoisotopic (exact) mass is 207 g/mol. The van der Waals surface area contributed by atoms with E-state index in [1.807, 2.05) is 0 Å². The smallest absolute Gasteiger partial charge is 0.109 e. The lowest BCUT2D eigenvalue weighted by Crippen LogP contribution is -2.27. The predicted octanol–water partition coefficient (Wildman–Crippen LogP) is 2.27. The number of aromatic amines is 1. The maximum atomic E-state index is 6.00. The van der Waals surface area contributed by atoms with Crippen molar-refractivity contribution in [3.8, 4) is 0 Å². The zero-order valence-electron chi connectivity index (χ0n) is 9.71. The molecule has 15 heavy (non-hydrogen) atoms. The van der Waals surface area contributed by atoms with Crippen molar-refractivity contribution < 1.29 is 0 Å². The Morgan fingerprint density at radius 1 is 1.47 bits per heavy atom. The molecule has 1 aliphatic carbocycles. The third-order valence-electron chi connectivity index (χ3n) is 3.44. The standard InChI is InChI=1S/C12H21N3/c1-3-11-8(2)14-12(15-11)9-5-4-6-10(13)7-9/h9-10H,3-7,13H2,1-2H3,(H,14,15). The van der Waals surface area contributed by atoms with Gasteiger partial charge in [-0.3, -0.25) is 0 Å². The van der Waals surface area contributed by atoms with Crippen LogP contribution in [0, 0.1) is 6.92 Å². The highest BCUT2D eigenvalue weighted by atomic mass is 14.9. The Morgan fingerprint density at radius 2 is 2.27 bits per heavy atom. The predicted molar refractivity (Wildman–Crippen MR) is 61.9 cm³/mol. The minimum atomic E-state index is 0.374. The largest absolute Gasteiger partial charge is 0.346 e. The zero-order chi connectivity index (χ0) is 10.8. The second-order valence-electron chi connectivity index (χ2n) is 4.67. The number of nitrogens with two attached hydrogens (primary N) is 1. The summed E-state index contributed by atoms with van der Waals surface area (Å²) in [4.78, 5) is 8.09. The quantitative estimate of drug-likeness (QED) is 0.781. The van der Waals surface area contributed by atoms with Gasteiger partial charge >= 0.3 is 0 Å². The van der Waals surface area contributed by atoms with Crippen molar-refractivity contribution in [2.24, 2.45) is 5.73 Å². The molecule has 84 valence electrons. The molecule has 3 N–H and O–H groups in total. The van der Waals surface area contributed by atoms with E-state index in [2.05, 4.69) is 23.8 Å². The fourth-order valence-electron chi connectivity index (χ4n) is 2.53. The summed E-state index contributed by atoms with van der Waals surface area (Å²) in [5, 5.41) is 0. The van der Waals surface area contributed by atoms with Crippen LogP contribution in [-0.4, -0.2) is 16.0 Å². The van der Waals surface area contributed by atoms with Crippen LogP contribution in [0.15, 0.2) is 0 Å². The molecule has 1 aliphatic rings. The van der Waals surface area contributed by atoms with Crippen molar-refractivity contribution in [1.29, 1.82) is 0 Å². The maximum absolute atomic E-state index is 6.00. The molecule has 3 heteroatoms. The molecule has 1 heterocycles. The van der Waals surface area contributed by atoms with Crippen LogP contribution in [-0.2, 0) is 6.42 Å². The van der Waals surface area contributed by atoms with E-state index < -0.39 is 0 Å². The lowest BCUT2D eigenvalue weighted by Gasteiger charge is -2.24. The Bertz CT molecular complexity index is 330. The van der Waals surface area contributed by atoms with E-state index >= 15 is 0 Å². The topological polar surface area (TPSA) is 54.7 Å². The molecule has 1 fully saturated rings. The second-order valence-corrected chi connectivity index (χ2v) is 4.67. The fourth-order valence-corrected chi connectivity index (χ4v) is 2.53. The van der Waals surface area contributed by atoms with Gasteiger partial charge in [0, 0.05) is 17.7 Å². The molecule has 0 saturated heterocycles. The Hall–Kier alpha value is -0.830. The molecular formula is C12H21N3. The molecule has 0 aromatic carbocycles. The van der Waals surface area contributed by atoms with Crippen LogP contribution < -0.4 is 5.73 Å². The summed E-state index contributed by atoms with van der Waals surface area (Å²) in [5.74, 6) is 1.73. The van der Waals surface area contributed by atoms with E-state index in [-0.39, 0.29) is 0 Å². The molecule has 0 bridgehead atoms. The Balaban J connectivity index is 2.14. The summed E-state index contributed by atoms with van der Waals surface area (Å²) < 4.78 is 0. The van der Waals surface area contributed by atoms with Crippen LogP contribution in [0.1, 0.15) is 55.7 Å². The first kappa shape index (κ1) is 10.7. The van der Waals surface area contributed by atoms with Gasteiger partial charge in [0.2, 0.25) is 0 Å². The number of imidazole rings is 1. The molecule has 0 aliphatic heterocycles. The zero-order valence-corrected chi connectivity index (χ0v) is 9.71. The van der Waals surface area contributed by atoms with Crippen molar-refractivity contribution in [1.82, 2.24) is 9.97 Å². The molecule has 1 saturated carbocycles. The molecule has 0 radical (unpaired) electrons. The van der Waals surface area contributed by atoms with E-state index in [4.69, 9.17) is 5.73 Å². The molecule has 2 rings (SSSR count). The van der Waals surface area contributed by atoms with Crippen LogP contribution in [0.3, 0.4) is 0 Å². The van der Waals surface area contributed by atoms with Crippen molar-refractivity contribution in [3.05, 3.63) is 17.2 Å². The molecule has 1 aromatic rings.